The van der Waals surface area contributed by atoms with Gasteiger partial charge in [-0.1, -0.05) is 0 Å². The molecule has 0 radical (unpaired) electrons. The number of rotatable bonds is 4. The largest absolute Gasteiger partial charge is 0.433 e. The van der Waals surface area contributed by atoms with E-state index in [4.69, 9.17) is 11.6 Å². The Morgan fingerprint density at radius 2 is 2.11 bits per heavy atom. The van der Waals surface area contributed by atoms with E-state index in [1.165, 1.54) is 0 Å². The molecule has 1 aromatic rings. The van der Waals surface area contributed by atoms with Gasteiger partial charge in [0.2, 0.25) is 5.28 Å². The van der Waals surface area contributed by atoms with Gasteiger partial charge < -0.3 is 10.4 Å². The van der Waals surface area contributed by atoms with Gasteiger partial charge in [-0.15, -0.1) is 0 Å². The van der Waals surface area contributed by atoms with Crippen molar-refractivity contribution in [2.45, 2.75) is 25.1 Å². The van der Waals surface area contributed by atoms with Crippen LogP contribution in [0.5, 0.6) is 0 Å². The Balaban J connectivity index is 2.05. The van der Waals surface area contributed by atoms with Gasteiger partial charge in [0.05, 0.1) is 6.10 Å². The Bertz CT molecular complexity index is 437. The quantitative estimate of drug-likeness (QED) is 0.832. The van der Waals surface area contributed by atoms with Crippen LogP contribution < -0.4 is 5.32 Å². The van der Waals surface area contributed by atoms with E-state index in [1.54, 1.807) is 0 Å². The minimum absolute atomic E-state index is 0.0398. The summed E-state index contributed by atoms with van der Waals surface area (Å²) in [6, 6.07) is 0.769. The molecule has 2 rings (SSSR count). The number of nitrogens with one attached hydrogen (secondary N) is 1. The number of aliphatic hydroxyl groups is 1. The van der Waals surface area contributed by atoms with Gasteiger partial charge in [-0.2, -0.15) is 13.2 Å². The standard InChI is InChI=1S/C10H11ClF3N3O/c11-9-16-7(10(12,13)14)3-8(17-9)15-4-6(18)5-1-2-5/h3,5-6,18H,1-2,4H2,(H,15,16,17). The number of halogens is 4. The van der Waals surface area contributed by atoms with Crippen molar-refractivity contribution in [1.82, 2.24) is 9.97 Å². The van der Waals surface area contributed by atoms with Gasteiger partial charge in [-0.05, 0) is 30.4 Å². The molecule has 0 spiro atoms. The number of alkyl halides is 3. The van der Waals surface area contributed by atoms with Crippen LogP contribution in [-0.2, 0) is 6.18 Å². The van der Waals surface area contributed by atoms with Gasteiger partial charge in [0, 0.05) is 12.6 Å². The first-order chi connectivity index (χ1) is 8.36. The highest BCUT2D eigenvalue weighted by Gasteiger charge is 2.34. The zero-order valence-electron chi connectivity index (χ0n) is 9.21. The van der Waals surface area contributed by atoms with Crippen LogP contribution in [0.25, 0.3) is 0 Å². The third-order valence-electron chi connectivity index (χ3n) is 2.65. The Morgan fingerprint density at radius 3 is 2.67 bits per heavy atom. The van der Waals surface area contributed by atoms with Gasteiger partial charge >= 0.3 is 6.18 Å². The van der Waals surface area contributed by atoms with Crippen LogP contribution >= 0.6 is 11.6 Å². The van der Waals surface area contributed by atoms with E-state index in [0.717, 1.165) is 18.9 Å². The Morgan fingerprint density at radius 1 is 1.44 bits per heavy atom. The predicted molar refractivity (Wildman–Crippen MR) is 59.3 cm³/mol. The summed E-state index contributed by atoms with van der Waals surface area (Å²) in [7, 11) is 0. The van der Waals surface area contributed by atoms with Crippen molar-refractivity contribution in [2.24, 2.45) is 5.92 Å². The SMILES string of the molecule is OC(CNc1cc(C(F)(F)F)nc(Cl)n1)C1CC1. The molecule has 0 saturated heterocycles. The number of nitrogens with zero attached hydrogens (tertiary/aromatic N) is 2. The Kier molecular flexibility index (Phi) is 3.63. The molecule has 18 heavy (non-hydrogen) atoms. The number of aliphatic hydroxyl groups excluding tert-OH is 1. The summed E-state index contributed by atoms with van der Waals surface area (Å²) in [5.41, 5.74) is -1.11. The first-order valence-electron chi connectivity index (χ1n) is 5.40. The minimum atomic E-state index is -4.57. The lowest BCUT2D eigenvalue weighted by molar-refractivity contribution is -0.141. The number of hydrogen-bond donors (Lipinski definition) is 2. The third kappa shape index (κ3) is 3.46. The molecule has 1 atom stereocenters. The highest BCUT2D eigenvalue weighted by molar-refractivity contribution is 6.28. The van der Waals surface area contributed by atoms with Crippen LogP contribution in [0.2, 0.25) is 5.28 Å². The van der Waals surface area contributed by atoms with E-state index in [2.05, 4.69) is 15.3 Å². The van der Waals surface area contributed by atoms with E-state index in [9.17, 15) is 18.3 Å². The lowest BCUT2D eigenvalue weighted by Crippen LogP contribution is -2.22. The van der Waals surface area contributed by atoms with E-state index in [-0.39, 0.29) is 18.3 Å². The van der Waals surface area contributed by atoms with Gasteiger partial charge in [0.1, 0.15) is 5.82 Å². The molecule has 1 saturated carbocycles. The normalized spacial score (nSPS) is 17.6. The molecule has 0 aromatic carbocycles. The molecular weight excluding hydrogens is 271 g/mol. The minimum Gasteiger partial charge on any atom is -0.391 e. The zero-order chi connectivity index (χ0) is 13.3. The molecule has 0 bridgehead atoms. The summed E-state index contributed by atoms with van der Waals surface area (Å²) in [5.74, 6) is 0.193. The second-order valence-corrected chi connectivity index (χ2v) is 4.53. The summed E-state index contributed by atoms with van der Waals surface area (Å²) in [6.45, 7) is 0.148. The molecule has 1 aliphatic carbocycles. The van der Waals surface area contributed by atoms with Gasteiger partial charge in [0.25, 0.3) is 0 Å². The van der Waals surface area contributed by atoms with Crippen LogP contribution in [0, 0.1) is 5.92 Å². The summed E-state index contributed by atoms with van der Waals surface area (Å²) in [6.07, 6.45) is -3.26. The maximum absolute atomic E-state index is 12.5. The summed E-state index contributed by atoms with van der Waals surface area (Å²) in [4.78, 5) is 6.74. The van der Waals surface area contributed by atoms with E-state index in [1.807, 2.05) is 0 Å². The van der Waals surface area contributed by atoms with Crippen molar-refractivity contribution in [3.8, 4) is 0 Å². The topological polar surface area (TPSA) is 58.0 Å². The number of hydrogen-bond acceptors (Lipinski definition) is 4. The molecule has 1 unspecified atom stereocenters. The second-order valence-electron chi connectivity index (χ2n) is 4.19. The molecule has 8 heteroatoms. The molecule has 0 aliphatic heterocycles. The maximum atomic E-state index is 12.5. The van der Waals surface area contributed by atoms with Gasteiger partial charge in [-0.25, -0.2) is 9.97 Å². The predicted octanol–water partition coefficient (Wildman–Crippen LogP) is 2.33. The van der Waals surface area contributed by atoms with Crippen LogP contribution in [0.1, 0.15) is 18.5 Å². The molecule has 1 aliphatic rings. The van der Waals surface area contributed by atoms with E-state index < -0.39 is 23.3 Å². The Labute approximate surface area is 106 Å². The summed E-state index contributed by atoms with van der Waals surface area (Å²) < 4.78 is 37.4. The van der Waals surface area contributed by atoms with Crippen LogP contribution in [-0.4, -0.2) is 27.7 Å². The van der Waals surface area contributed by atoms with E-state index >= 15 is 0 Å². The van der Waals surface area contributed by atoms with Crippen molar-refractivity contribution >= 4 is 17.4 Å². The molecular formula is C10H11ClF3N3O. The average molecular weight is 282 g/mol. The fourth-order valence-corrected chi connectivity index (χ4v) is 1.69. The first-order valence-corrected chi connectivity index (χ1v) is 5.78. The molecule has 100 valence electrons. The highest BCUT2D eigenvalue weighted by Crippen LogP contribution is 2.33. The molecule has 1 heterocycles. The molecule has 1 fully saturated rings. The van der Waals surface area contributed by atoms with Crippen molar-refractivity contribution in [3.63, 3.8) is 0 Å². The average Bonchev–Trinajstić information content (AvgIpc) is 3.07. The van der Waals surface area contributed by atoms with Crippen molar-refractivity contribution in [3.05, 3.63) is 17.0 Å². The molecule has 0 amide bonds. The van der Waals surface area contributed by atoms with Crippen molar-refractivity contribution < 1.29 is 18.3 Å². The molecule has 1 aromatic heterocycles. The molecule has 2 N–H and O–H groups in total. The molecule has 4 nitrogen and oxygen atoms in total. The van der Waals surface area contributed by atoms with E-state index in [0.29, 0.717) is 0 Å². The van der Waals surface area contributed by atoms with Gasteiger partial charge in [-0.3, -0.25) is 0 Å². The van der Waals surface area contributed by atoms with Crippen molar-refractivity contribution in [2.75, 3.05) is 11.9 Å². The lowest BCUT2D eigenvalue weighted by atomic mass is 10.2. The lowest BCUT2D eigenvalue weighted by Gasteiger charge is -2.12. The number of anilines is 1. The fraction of sp³-hybridized carbons (Fsp3) is 0.600. The maximum Gasteiger partial charge on any atom is 0.433 e. The Hall–Kier alpha value is -1.08. The summed E-state index contributed by atoms with van der Waals surface area (Å²) >= 11 is 5.42. The van der Waals surface area contributed by atoms with Crippen LogP contribution in [0.15, 0.2) is 6.07 Å². The summed E-state index contributed by atoms with van der Waals surface area (Å²) in [5, 5.41) is 11.7. The first kappa shape index (κ1) is 13.4. The highest BCUT2D eigenvalue weighted by atomic mass is 35.5. The second kappa shape index (κ2) is 4.89. The monoisotopic (exact) mass is 281 g/mol. The number of aromatic nitrogens is 2. The van der Waals surface area contributed by atoms with Crippen LogP contribution in [0.3, 0.4) is 0 Å². The van der Waals surface area contributed by atoms with Crippen molar-refractivity contribution in [1.29, 1.82) is 0 Å². The zero-order valence-corrected chi connectivity index (χ0v) is 9.96. The fourth-order valence-electron chi connectivity index (χ4n) is 1.51. The van der Waals surface area contributed by atoms with Gasteiger partial charge in [0.15, 0.2) is 5.69 Å². The third-order valence-corrected chi connectivity index (χ3v) is 2.82. The van der Waals surface area contributed by atoms with Crippen LogP contribution in [0.4, 0.5) is 19.0 Å². The smallest absolute Gasteiger partial charge is 0.391 e.